The predicted molar refractivity (Wildman–Crippen MR) is 144 cm³/mol. The summed E-state index contributed by atoms with van der Waals surface area (Å²) < 4.78 is 8.29. The molecule has 0 radical (unpaired) electrons. The first-order valence-corrected chi connectivity index (χ1v) is 13.6. The number of imide groups is 1. The van der Waals surface area contributed by atoms with Gasteiger partial charge in [-0.2, -0.15) is 5.10 Å². The van der Waals surface area contributed by atoms with Crippen LogP contribution in [0.25, 0.3) is 10.8 Å². The molecule has 1 aliphatic carbocycles. The molecule has 2 fully saturated rings. The van der Waals surface area contributed by atoms with E-state index in [0.717, 1.165) is 53.3 Å². The zero-order valence-corrected chi connectivity index (χ0v) is 22.2. The van der Waals surface area contributed by atoms with Crippen LogP contribution in [0.3, 0.4) is 0 Å². The molecule has 8 nitrogen and oxygen atoms in total. The van der Waals surface area contributed by atoms with Gasteiger partial charge in [0.05, 0.1) is 29.6 Å². The minimum Gasteiger partial charge on any atom is -0.373 e. The van der Waals surface area contributed by atoms with Gasteiger partial charge in [0.25, 0.3) is 5.91 Å². The Balaban J connectivity index is 1.22. The van der Waals surface area contributed by atoms with E-state index in [-0.39, 0.29) is 23.8 Å². The normalized spacial score (nSPS) is 23.8. The van der Waals surface area contributed by atoms with Crippen molar-refractivity contribution in [3.05, 3.63) is 59.4 Å². The molecular formula is C30H34N4O4. The van der Waals surface area contributed by atoms with Crippen LogP contribution in [-0.4, -0.2) is 45.2 Å². The van der Waals surface area contributed by atoms with E-state index in [1.165, 1.54) is 0 Å². The standard InChI is InChI=1S/C30H34N4O4/c1-30(2,3)38-21-10-8-20(9-11-21)33-17-18(16-31-33)15-19-7-12-24-27-22(19)5-4-6-23(27)29(37)34(24)25-13-14-26(35)32-28(25)36/h4-7,12,16-17,20-21,25H,8-11,13-15H2,1-3H3,(H,32,35,36). The maximum absolute atomic E-state index is 13.4. The first kappa shape index (κ1) is 24.8. The summed E-state index contributed by atoms with van der Waals surface area (Å²) >= 11 is 0. The lowest BCUT2D eigenvalue weighted by molar-refractivity contribution is -0.134. The summed E-state index contributed by atoms with van der Waals surface area (Å²) in [5, 5.41) is 8.98. The number of piperidine rings is 1. The lowest BCUT2D eigenvalue weighted by Crippen LogP contribution is -2.53. The fraction of sp³-hybridized carbons (Fsp3) is 0.467. The number of aromatic nitrogens is 2. The fourth-order valence-electron chi connectivity index (χ4n) is 6.27. The second-order valence-corrected chi connectivity index (χ2v) is 11.8. The molecule has 2 aromatic carbocycles. The highest BCUT2D eigenvalue weighted by molar-refractivity contribution is 6.27. The highest BCUT2D eigenvalue weighted by atomic mass is 16.5. The van der Waals surface area contributed by atoms with Crippen LogP contribution in [0.4, 0.5) is 5.69 Å². The number of carbonyl (C=O) groups excluding carboxylic acids is 3. The maximum Gasteiger partial charge on any atom is 0.259 e. The topological polar surface area (TPSA) is 93.5 Å². The average molecular weight is 515 g/mol. The number of anilines is 1. The fourth-order valence-corrected chi connectivity index (χ4v) is 6.27. The number of benzene rings is 2. The molecule has 3 heterocycles. The van der Waals surface area contributed by atoms with Gasteiger partial charge in [0.2, 0.25) is 11.8 Å². The number of nitrogens with zero attached hydrogens (tertiary/aromatic N) is 3. The average Bonchev–Trinajstić information content (AvgIpc) is 3.44. The molecule has 0 spiro atoms. The number of ether oxygens (including phenoxy) is 1. The number of hydrogen-bond acceptors (Lipinski definition) is 5. The SMILES string of the molecule is CC(C)(C)OC1CCC(n2cc(Cc3ccc4c5c(cccc35)C(=O)N4C3CCC(=O)NC3=O)cn2)CC1. The van der Waals surface area contributed by atoms with Crippen molar-refractivity contribution in [2.24, 2.45) is 0 Å². The summed E-state index contributed by atoms with van der Waals surface area (Å²) in [4.78, 5) is 39.2. The summed E-state index contributed by atoms with van der Waals surface area (Å²) in [6, 6.07) is 9.46. The van der Waals surface area contributed by atoms with Gasteiger partial charge in [-0.1, -0.05) is 18.2 Å². The van der Waals surface area contributed by atoms with Gasteiger partial charge in [-0.15, -0.1) is 0 Å². The molecular weight excluding hydrogens is 480 g/mol. The molecule has 1 saturated carbocycles. The van der Waals surface area contributed by atoms with Crippen molar-refractivity contribution < 1.29 is 19.1 Å². The van der Waals surface area contributed by atoms with Crippen molar-refractivity contribution >= 4 is 34.2 Å². The van der Waals surface area contributed by atoms with E-state index in [4.69, 9.17) is 9.84 Å². The van der Waals surface area contributed by atoms with E-state index in [9.17, 15) is 14.4 Å². The second kappa shape index (κ2) is 9.34. The van der Waals surface area contributed by atoms with E-state index in [1.807, 2.05) is 36.5 Å². The Bertz CT molecular complexity index is 1430. The zero-order chi connectivity index (χ0) is 26.6. The maximum atomic E-state index is 13.4. The summed E-state index contributed by atoms with van der Waals surface area (Å²) in [5.41, 5.74) is 3.48. The summed E-state index contributed by atoms with van der Waals surface area (Å²) in [5.74, 6) is -0.884. The number of rotatable bonds is 5. The summed E-state index contributed by atoms with van der Waals surface area (Å²) in [7, 11) is 0. The first-order chi connectivity index (χ1) is 18.2. The summed E-state index contributed by atoms with van der Waals surface area (Å²) in [6.07, 6.45) is 9.88. The van der Waals surface area contributed by atoms with Gasteiger partial charge in [-0.25, -0.2) is 0 Å². The predicted octanol–water partition coefficient (Wildman–Crippen LogP) is 4.69. The molecule has 1 saturated heterocycles. The highest BCUT2D eigenvalue weighted by Gasteiger charge is 2.40. The molecule has 3 aromatic rings. The quantitative estimate of drug-likeness (QED) is 0.499. The zero-order valence-electron chi connectivity index (χ0n) is 22.2. The van der Waals surface area contributed by atoms with Crippen LogP contribution in [0.15, 0.2) is 42.7 Å². The Kier molecular flexibility index (Phi) is 6.10. The monoisotopic (exact) mass is 514 g/mol. The second-order valence-electron chi connectivity index (χ2n) is 11.8. The molecule has 1 atom stereocenters. The van der Waals surface area contributed by atoms with Crippen LogP contribution in [-0.2, 0) is 20.7 Å². The Morgan fingerprint density at radius 3 is 2.55 bits per heavy atom. The molecule has 6 rings (SSSR count). The third-order valence-corrected chi connectivity index (χ3v) is 7.93. The smallest absolute Gasteiger partial charge is 0.259 e. The Hall–Kier alpha value is -3.52. The number of nitrogens with one attached hydrogen (secondary N) is 1. The van der Waals surface area contributed by atoms with Crippen molar-refractivity contribution in [3.8, 4) is 0 Å². The van der Waals surface area contributed by atoms with Gasteiger partial charge in [0, 0.05) is 30.0 Å². The van der Waals surface area contributed by atoms with Gasteiger partial charge < -0.3 is 4.74 Å². The van der Waals surface area contributed by atoms with E-state index in [0.29, 0.717) is 30.6 Å². The molecule has 1 unspecified atom stereocenters. The Morgan fingerprint density at radius 2 is 1.82 bits per heavy atom. The Labute approximate surface area is 222 Å². The minimum atomic E-state index is -0.677. The highest BCUT2D eigenvalue weighted by Crippen LogP contribution is 2.41. The van der Waals surface area contributed by atoms with Crippen LogP contribution >= 0.6 is 0 Å². The van der Waals surface area contributed by atoms with E-state index >= 15 is 0 Å². The number of carbonyl (C=O) groups is 3. The van der Waals surface area contributed by atoms with Gasteiger partial charge in [0.15, 0.2) is 0 Å². The van der Waals surface area contributed by atoms with Crippen LogP contribution in [0.1, 0.15) is 86.8 Å². The van der Waals surface area contributed by atoms with Crippen LogP contribution in [0.5, 0.6) is 0 Å². The van der Waals surface area contributed by atoms with Crippen molar-refractivity contribution in [1.82, 2.24) is 15.1 Å². The largest absolute Gasteiger partial charge is 0.373 e. The molecule has 38 heavy (non-hydrogen) atoms. The van der Waals surface area contributed by atoms with Crippen LogP contribution in [0, 0.1) is 0 Å². The molecule has 198 valence electrons. The molecule has 3 aliphatic rings. The molecule has 8 heteroatoms. The van der Waals surface area contributed by atoms with Crippen LogP contribution in [0.2, 0.25) is 0 Å². The number of amides is 3. The molecule has 0 bridgehead atoms. The molecule has 3 amide bonds. The van der Waals surface area contributed by atoms with Crippen molar-refractivity contribution in [1.29, 1.82) is 0 Å². The first-order valence-electron chi connectivity index (χ1n) is 13.6. The van der Waals surface area contributed by atoms with E-state index in [2.05, 4.69) is 37.0 Å². The lowest BCUT2D eigenvalue weighted by Gasteiger charge is -2.33. The molecule has 1 aromatic heterocycles. The van der Waals surface area contributed by atoms with Gasteiger partial charge in [-0.3, -0.25) is 29.3 Å². The number of hydrogen-bond donors (Lipinski definition) is 1. The third kappa shape index (κ3) is 4.51. The van der Waals surface area contributed by atoms with E-state index in [1.54, 1.807) is 4.90 Å². The van der Waals surface area contributed by atoms with Crippen LogP contribution < -0.4 is 10.2 Å². The molecule has 2 aliphatic heterocycles. The Morgan fingerprint density at radius 1 is 1.03 bits per heavy atom. The lowest BCUT2D eigenvalue weighted by atomic mass is 9.92. The van der Waals surface area contributed by atoms with Gasteiger partial charge in [0.1, 0.15) is 6.04 Å². The molecule has 1 N–H and O–H groups in total. The summed E-state index contributed by atoms with van der Waals surface area (Å²) in [6.45, 7) is 6.34. The minimum absolute atomic E-state index is 0.112. The van der Waals surface area contributed by atoms with Gasteiger partial charge in [-0.05, 0) is 81.5 Å². The third-order valence-electron chi connectivity index (χ3n) is 7.93. The van der Waals surface area contributed by atoms with E-state index < -0.39 is 11.9 Å². The van der Waals surface area contributed by atoms with Crippen molar-refractivity contribution in [2.45, 2.75) is 89.5 Å². The van der Waals surface area contributed by atoms with Crippen molar-refractivity contribution in [3.63, 3.8) is 0 Å². The van der Waals surface area contributed by atoms with Crippen molar-refractivity contribution in [2.75, 3.05) is 4.90 Å². The van der Waals surface area contributed by atoms with Gasteiger partial charge >= 0.3 is 0 Å².